The molecule has 1 N–H and O–H groups in total. The molecule has 3 rings (SSSR count). The number of aliphatic hydroxyl groups is 1. The van der Waals surface area contributed by atoms with Gasteiger partial charge in [-0.05, 0) is 38.3 Å². The molecule has 0 spiro atoms. The van der Waals surface area contributed by atoms with E-state index in [0.29, 0.717) is 0 Å². The van der Waals surface area contributed by atoms with Gasteiger partial charge in [-0.25, -0.2) is 9.97 Å². The lowest BCUT2D eigenvalue weighted by Gasteiger charge is -2.36. The van der Waals surface area contributed by atoms with Crippen LogP contribution in [-0.4, -0.2) is 34.3 Å². The minimum absolute atomic E-state index is 0.183. The number of aliphatic hydroxyl groups excluding tert-OH is 1. The number of nitrogens with zero attached hydrogens (tertiary/aromatic N) is 3. The molecule has 1 aromatic heterocycles. The third-order valence-electron chi connectivity index (χ3n) is 3.83. The van der Waals surface area contributed by atoms with Crippen molar-refractivity contribution in [2.75, 3.05) is 18.1 Å². The van der Waals surface area contributed by atoms with E-state index in [2.05, 4.69) is 9.88 Å². The minimum atomic E-state index is 0.183. The average Bonchev–Trinajstić information content (AvgIpc) is 2.46. The zero-order valence-corrected chi connectivity index (χ0v) is 11.2. The van der Waals surface area contributed by atoms with Gasteiger partial charge in [0.1, 0.15) is 0 Å². The van der Waals surface area contributed by atoms with E-state index in [1.165, 1.54) is 6.42 Å². The van der Waals surface area contributed by atoms with E-state index in [0.717, 1.165) is 41.9 Å². The van der Waals surface area contributed by atoms with Crippen LogP contribution < -0.4 is 4.90 Å². The van der Waals surface area contributed by atoms with E-state index in [1.807, 2.05) is 31.2 Å². The molecule has 1 aliphatic heterocycles. The van der Waals surface area contributed by atoms with Crippen LogP contribution in [0.2, 0.25) is 0 Å². The maximum atomic E-state index is 9.54. The molecule has 4 nitrogen and oxygen atoms in total. The smallest absolute Gasteiger partial charge is 0.151 e. The van der Waals surface area contributed by atoms with Gasteiger partial charge in [0, 0.05) is 6.54 Å². The first-order valence-electron chi connectivity index (χ1n) is 6.90. The Balaban J connectivity index is 2.05. The lowest BCUT2D eigenvalue weighted by molar-refractivity contribution is 0.239. The molecule has 1 unspecified atom stereocenters. The zero-order valence-electron chi connectivity index (χ0n) is 11.2. The van der Waals surface area contributed by atoms with E-state index < -0.39 is 0 Å². The van der Waals surface area contributed by atoms with Gasteiger partial charge in [-0.2, -0.15) is 0 Å². The molecule has 2 heterocycles. The summed E-state index contributed by atoms with van der Waals surface area (Å²) in [6.07, 6.45) is 3.37. The Morgan fingerprint density at radius 2 is 1.95 bits per heavy atom. The summed E-state index contributed by atoms with van der Waals surface area (Å²) in [5, 5.41) is 9.54. The van der Waals surface area contributed by atoms with Crippen molar-refractivity contribution < 1.29 is 5.11 Å². The molecule has 19 heavy (non-hydrogen) atoms. The molecule has 1 aromatic carbocycles. The number of aryl methyl sites for hydroxylation is 1. The number of anilines is 1. The van der Waals surface area contributed by atoms with Crippen LogP contribution in [-0.2, 0) is 0 Å². The minimum Gasteiger partial charge on any atom is -0.394 e. The van der Waals surface area contributed by atoms with Crippen LogP contribution in [0.25, 0.3) is 11.0 Å². The maximum absolute atomic E-state index is 9.54. The van der Waals surface area contributed by atoms with Crippen LogP contribution >= 0.6 is 0 Å². The van der Waals surface area contributed by atoms with Crippen molar-refractivity contribution in [1.82, 2.24) is 9.97 Å². The Labute approximate surface area is 113 Å². The molecule has 0 aliphatic carbocycles. The largest absolute Gasteiger partial charge is 0.394 e. The van der Waals surface area contributed by atoms with Gasteiger partial charge in [0.25, 0.3) is 0 Å². The number of hydrogen-bond donors (Lipinski definition) is 1. The van der Waals surface area contributed by atoms with E-state index in [-0.39, 0.29) is 12.6 Å². The van der Waals surface area contributed by atoms with E-state index >= 15 is 0 Å². The van der Waals surface area contributed by atoms with E-state index in [4.69, 9.17) is 4.98 Å². The van der Waals surface area contributed by atoms with Crippen molar-refractivity contribution in [2.45, 2.75) is 32.2 Å². The summed E-state index contributed by atoms with van der Waals surface area (Å²) in [6, 6.07) is 8.12. The average molecular weight is 257 g/mol. The fourth-order valence-electron chi connectivity index (χ4n) is 2.82. The van der Waals surface area contributed by atoms with Crippen molar-refractivity contribution in [1.29, 1.82) is 0 Å². The third-order valence-corrected chi connectivity index (χ3v) is 3.83. The highest BCUT2D eigenvalue weighted by Gasteiger charge is 2.24. The third kappa shape index (κ3) is 2.28. The van der Waals surface area contributed by atoms with Crippen LogP contribution in [0.15, 0.2) is 24.3 Å². The number of rotatable bonds is 2. The van der Waals surface area contributed by atoms with E-state index in [1.54, 1.807) is 0 Å². The SMILES string of the molecule is Cc1nc2ccccc2nc1N1CCCCC1CO. The van der Waals surface area contributed by atoms with Gasteiger partial charge in [0.05, 0.1) is 29.4 Å². The zero-order chi connectivity index (χ0) is 13.2. The Kier molecular flexibility index (Phi) is 3.34. The standard InChI is InChI=1S/C15H19N3O/c1-11-15(18-9-5-4-6-12(18)10-19)17-14-8-3-2-7-13(14)16-11/h2-3,7-8,12,19H,4-6,9-10H2,1H3. The lowest BCUT2D eigenvalue weighted by atomic mass is 10.0. The first-order chi connectivity index (χ1) is 9.29. The van der Waals surface area contributed by atoms with Crippen LogP contribution in [0, 0.1) is 6.92 Å². The van der Waals surface area contributed by atoms with Crippen molar-refractivity contribution in [3.63, 3.8) is 0 Å². The summed E-state index contributed by atoms with van der Waals surface area (Å²) in [7, 11) is 0. The van der Waals surface area contributed by atoms with Gasteiger partial charge in [-0.3, -0.25) is 0 Å². The van der Waals surface area contributed by atoms with Crippen LogP contribution in [0.3, 0.4) is 0 Å². The molecule has 0 bridgehead atoms. The first kappa shape index (κ1) is 12.4. The summed E-state index contributed by atoms with van der Waals surface area (Å²) in [6.45, 7) is 3.14. The number of para-hydroxylation sites is 2. The van der Waals surface area contributed by atoms with Crippen LogP contribution in [0.4, 0.5) is 5.82 Å². The monoisotopic (exact) mass is 257 g/mol. The molecular formula is C15H19N3O. The predicted molar refractivity (Wildman–Crippen MR) is 76.3 cm³/mol. The van der Waals surface area contributed by atoms with Crippen molar-refractivity contribution in [3.05, 3.63) is 30.0 Å². The van der Waals surface area contributed by atoms with Gasteiger partial charge in [0.15, 0.2) is 5.82 Å². The molecule has 4 heteroatoms. The predicted octanol–water partition coefficient (Wildman–Crippen LogP) is 2.29. The highest BCUT2D eigenvalue weighted by molar-refractivity contribution is 5.76. The summed E-state index contributed by atoms with van der Waals surface area (Å²) in [5.74, 6) is 0.928. The number of hydrogen-bond acceptors (Lipinski definition) is 4. The molecule has 1 atom stereocenters. The first-order valence-corrected chi connectivity index (χ1v) is 6.90. The van der Waals surface area contributed by atoms with E-state index in [9.17, 15) is 5.11 Å². The van der Waals surface area contributed by atoms with Crippen LogP contribution in [0.5, 0.6) is 0 Å². The molecule has 2 aromatic rings. The normalized spacial score (nSPS) is 19.9. The molecule has 100 valence electrons. The Morgan fingerprint density at radius 1 is 1.21 bits per heavy atom. The van der Waals surface area contributed by atoms with Gasteiger partial charge in [0.2, 0.25) is 0 Å². The van der Waals surface area contributed by atoms with Crippen molar-refractivity contribution >= 4 is 16.9 Å². The van der Waals surface area contributed by atoms with Crippen molar-refractivity contribution in [3.8, 4) is 0 Å². The number of piperidine rings is 1. The number of aromatic nitrogens is 2. The number of benzene rings is 1. The van der Waals surface area contributed by atoms with Gasteiger partial charge < -0.3 is 10.0 Å². The van der Waals surface area contributed by atoms with Crippen molar-refractivity contribution in [2.24, 2.45) is 0 Å². The second-order valence-electron chi connectivity index (χ2n) is 5.15. The summed E-state index contributed by atoms with van der Waals surface area (Å²) in [5.41, 5.74) is 2.80. The topological polar surface area (TPSA) is 49.2 Å². The van der Waals surface area contributed by atoms with Crippen LogP contribution in [0.1, 0.15) is 25.0 Å². The molecule has 1 aliphatic rings. The Morgan fingerprint density at radius 3 is 2.68 bits per heavy atom. The fraction of sp³-hybridized carbons (Fsp3) is 0.467. The Bertz CT molecular complexity index is 585. The Hall–Kier alpha value is -1.68. The highest BCUT2D eigenvalue weighted by atomic mass is 16.3. The second kappa shape index (κ2) is 5.13. The molecule has 1 fully saturated rings. The maximum Gasteiger partial charge on any atom is 0.151 e. The summed E-state index contributed by atoms with van der Waals surface area (Å²) < 4.78 is 0. The van der Waals surface area contributed by atoms with Gasteiger partial charge >= 0.3 is 0 Å². The van der Waals surface area contributed by atoms with Gasteiger partial charge in [-0.1, -0.05) is 12.1 Å². The number of fused-ring (bicyclic) bond motifs is 1. The molecule has 0 saturated carbocycles. The quantitative estimate of drug-likeness (QED) is 0.896. The van der Waals surface area contributed by atoms with Gasteiger partial charge in [-0.15, -0.1) is 0 Å². The second-order valence-corrected chi connectivity index (χ2v) is 5.15. The molecule has 0 radical (unpaired) electrons. The highest BCUT2D eigenvalue weighted by Crippen LogP contribution is 2.26. The lowest BCUT2D eigenvalue weighted by Crippen LogP contribution is -2.42. The molecule has 0 amide bonds. The molecule has 1 saturated heterocycles. The summed E-state index contributed by atoms with van der Waals surface area (Å²) >= 11 is 0. The fourth-order valence-corrected chi connectivity index (χ4v) is 2.82. The molecular weight excluding hydrogens is 238 g/mol. The summed E-state index contributed by atoms with van der Waals surface area (Å²) in [4.78, 5) is 11.6.